The standard InChI is InChI=1S/C28H39F2N6O8P/c1-4-40-25-23-24(33-27(31)34-25)36(17-32-23)22(15-29)43-28(30,19(3)37)16-41-45(39,44-21-13-9-6-10-14-21)35-18(2)26(38)42-20-11-7-5-8-12-20/h6,9-10,13-14,17-20,22,37H,4-5,7-8,11-12,15-16H2,1-3H3,(H,35,39)(H2,31,33,34)/t18?,19-,22?,28?,45?/m0/s1. The Morgan fingerprint density at radius 1 is 1.22 bits per heavy atom. The molecule has 0 bridgehead atoms. The average molecular weight is 657 g/mol. The second-order valence-electron chi connectivity index (χ2n) is 10.6. The van der Waals surface area contributed by atoms with Crippen LogP contribution in [0, 0.1) is 0 Å². The van der Waals surface area contributed by atoms with E-state index < -0.39 is 51.2 Å². The number of aromatic nitrogens is 4. The summed E-state index contributed by atoms with van der Waals surface area (Å²) in [7, 11) is -4.56. The maximum absolute atomic E-state index is 16.3. The molecular weight excluding hydrogens is 617 g/mol. The molecule has 2 aromatic heterocycles. The molecule has 4 unspecified atom stereocenters. The predicted octanol–water partition coefficient (Wildman–Crippen LogP) is 4.40. The lowest BCUT2D eigenvalue weighted by atomic mass is 9.98. The largest absolute Gasteiger partial charge is 0.476 e. The Kier molecular flexibility index (Phi) is 11.7. The Hall–Kier alpha value is -3.43. The van der Waals surface area contributed by atoms with Crippen molar-refractivity contribution in [3.05, 3.63) is 36.7 Å². The molecule has 0 radical (unpaired) electrons. The minimum absolute atomic E-state index is 0.0208. The molecule has 1 aromatic carbocycles. The van der Waals surface area contributed by atoms with E-state index in [0.717, 1.165) is 49.9 Å². The smallest absolute Gasteiger partial charge is 0.459 e. The number of benzene rings is 1. The number of hydrogen-bond donors (Lipinski definition) is 3. The molecule has 1 aliphatic rings. The van der Waals surface area contributed by atoms with Gasteiger partial charge in [0.1, 0.15) is 37.3 Å². The number of fused-ring (bicyclic) bond motifs is 1. The van der Waals surface area contributed by atoms with Crippen molar-refractivity contribution in [2.45, 2.75) is 83.2 Å². The van der Waals surface area contributed by atoms with Gasteiger partial charge >= 0.3 is 13.7 Å². The van der Waals surface area contributed by atoms with Gasteiger partial charge in [-0.1, -0.05) is 24.6 Å². The number of nitrogens with two attached hydrogens (primary N) is 1. The quantitative estimate of drug-likeness (QED) is 0.146. The summed E-state index contributed by atoms with van der Waals surface area (Å²) >= 11 is 0. The zero-order valence-corrected chi connectivity index (χ0v) is 26.2. The molecule has 2 heterocycles. The first-order valence-corrected chi connectivity index (χ1v) is 16.2. The van der Waals surface area contributed by atoms with Gasteiger partial charge in [0, 0.05) is 0 Å². The van der Waals surface area contributed by atoms with Crippen molar-refractivity contribution in [3.8, 4) is 11.6 Å². The summed E-state index contributed by atoms with van der Waals surface area (Å²) in [6.45, 7) is 1.86. The zero-order valence-electron chi connectivity index (χ0n) is 25.3. The molecule has 1 saturated carbocycles. The molecule has 14 nitrogen and oxygen atoms in total. The van der Waals surface area contributed by atoms with Crippen LogP contribution in [0.3, 0.4) is 0 Å². The van der Waals surface area contributed by atoms with Gasteiger partial charge in [0.15, 0.2) is 17.4 Å². The second kappa shape index (κ2) is 15.2. The average Bonchev–Trinajstić information content (AvgIpc) is 3.43. The van der Waals surface area contributed by atoms with Crippen LogP contribution >= 0.6 is 7.75 Å². The van der Waals surface area contributed by atoms with Crippen molar-refractivity contribution in [2.75, 3.05) is 25.6 Å². The number of carbonyl (C=O) groups is 1. The first-order valence-electron chi connectivity index (χ1n) is 14.7. The third-order valence-electron chi connectivity index (χ3n) is 7.03. The number of ether oxygens (including phenoxy) is 3. The lowest BCUT2D eigenvalue weighted by Gasteiger charge is -2.33. The van der Waals surface area contributed by atoms with E-state index >= 15 is 4.39 Å². The topological polar surface area (TPSA) is 182 Å². The number of halogens is 2. The normalized spacial score (nSPS) is 18.8. The number of aliphatic hydroxyl groups excluding tert-OH is 1. The lowest BCUT2D eigenvalue weighted by molar-refractivity contribution is -0.259. The van der Waals surface area contributed by atoms with Gasteiger partial charge < -0.3 is 29.6 Å². The van der Waals surface area contributed by atoms with Crippen molar-refractivity contribution in [3.63, 3.8) is 0 Å². The number of imidazole rings is 1. The van der Waals surface area contributed by atoms with Crippen LogP contribution in [0.1, 0.15) is 59.1 Å². The van der Waals surface area contributed by atoms with E-state index in [-0.39, 0.29) is 41.5 Å². The number of aliphatic hydroxyl groups is 1. The summed E-state index contributed by atoms with van der Waals surface area (Å²) in [6.07, 6.45) is 1.54. The van der Waals surface area contributed by atoms with E-state index in [9.17, 15) is 18.9 Å². The molecule has 0 amide bonds. The van der Waals surface area contributed by atoms with Crippen LogP contribution in [-0.4, -0.2) is 74.6 Å². The molecule has 17 heteroatoms. The highest BCUT2D eigenvalue weighted by Crippen LogP contribution is 2.46. The highest BCUT2D eigenvalue weighted by molar-refractivity contribution is 7.52. The van der Waals surface area contributed by atoms with E-state index in [1.807, 2.05) is 0 Å². The summed E-state index contributed by atoms with van der Waals surface area (Å²) < 4.78 is 73.1. The van der Waals surface area contributed by atoms with E-state index in [1.54, 1.807) is 25.1 Å². The first kappa shape index (κ1) is 34.4. The number of nitrogen functional groups attached to an aromatic ring is 1. The monoisotopic (exact) mass is 656 g/mol. The second-order valence-corrected chi connectivity index (χ2v) is 12.2. The van der Waals surface area contributed by atoms with Gasteiger partial charge in [-0.3, -0.25) is 13.9 Å². The highest BCUT2D eigenvalue weighted by atomic mass is 31.2. The van der Waals surface area contributed by atoms with Gasteiger partial charge in [0.05, 0.1) is 12.9 Å². The molecule has 5 atom stereocenters. The Morgan fingerprint density at radius 2 is 1.93 bits per heavy atom. The molecule has 0 saturated heterocycles. The third kappa shape index (κ3) is 8.85. The fourth-order valence-electron chi connectivity index (χ4n) is 4.62. The maximum Gasteiger partial charge on any atom is 0.459 e. The number of hydrogen-bond acceptors (Lipinski definition) is 12. The molecule has 248 valence electrons. The summed E-state index contributed by atoms with van der Waals surface area (Å²) in [5, 5.41) is 12.9. The molecule has 3 aromatic rings. The molecule has 1 aliphatic carbocycles. The zero-order chi connectivity index (χ0) is 32.6. The van der Waals surface area contributed by atoms with E-state index in [2.05, 4.69) is 20.0 Å². The number of rotatable bonds is 16. The van der Waals surface area contributed by atoms with Gasteiger partial charge in [-0.25, -0.2) is 18.3 Å². The van der Waals surface area contributed by atoms with E-state index in [1.165, 1.54) is 19.1 Å². The third-order valence-corrected chi connectivity index (χ3v) is 8.65. The molecule has 4 rings (SSSR count). The van der Waals surface area contributed by atoms with Crippen molar-refractivity contribution in [1.82, 2.24) is 24.6 Å². The van der Waals surface area contributed by atoms with Crippen LogP contribution in [0.4, 0.5) is 14.7 Å². The van der Waals surface area contributed by atoms with Gasteiger partial charge in [0.25, 0.3) is 5.85 Å². The number of carbonyl (C=O) groups excluding carboxylic acids is 1. The molecular formula is C28H39F2N6O8P. The molecule has 0 aliphatic heterocycles. The highest BCUT2D eigenvalue weighted by Gasteiger charge is 2.45. The van der Waals surface area contributed by atoms with Crippen LogP contribution < -0.4 is 20.1 Å². The summed E-state index contributed by atoms with van der Waals surface area (Å²) in [6, 6.07) is 6.66. The summed E-state index contributed by atoms with van der Waals surface area (Å²) in [5.41, 5.74) is 5.87. The van der Waals surface area contributed by atoms with Crippen LogP contribution in [0.5, 0.6) is 11.6 Å². The summed E-state index contributed by atoms with van der Waals surface area (Å²) in [4.78, 5) is 25.0. The maximum atomic E-state index is 16.3. The SMILES string of the molecule is CCOc1nc(N)nc2c1ncn2C(CF)OC(F)(COP(=O)(NC(C)C(=O)OC1CCCCC1)Oc1ccccc1)[C@H](C)O. The van der Waals surface area contributed by atoms with Gasteiger partial charge in [0.2, 0.25) is 11.8 Å². The fourth-order valence-corrected chi connectivity index (χ4v) is 6.12. The van der Waals surface area contributed by atoms with Crippen molar-refractivity contribution in [1.29, 1.82) is 0 Å². The van der Waals surface area contributed by atoms with Crippen LogP contribution in [0.25, 0.3) is 11.2 Å². The summed E-state index contributed by atoms with van der Waals surface area (Å²) in [5.74, 6) is -3.95. The van der Waals surface area contributed by atoms with Crippen LogP contribution in [-0.2, 0) is 23.4 Å². The Bertz CT molecular complexity index is 1460. The number of anilines is 1. The minimum atomic E-state index is -4.56. The molecule has 0 spiro atoms. The van der Waals surface area contributed by atoms with Gasteiger partial charge in [-0.15, -0.1) is 0 Å². The van der Waals surface area contributed by atoms with E-state index in [4.69, 9.17) is 29.0 Å². The number of alkyl halides is 2. The molecule has 45 heavy (non-hydrogen) atoms. The lowest BCUT2D eigenvalue weighted by Crippen LogP contribution is -2.46. The molecule has 4 N–H and O–H groups in total. The predicted molar refractivity (Wildman–Crippen MR) is 159 cm³/mol. The van der Waals surface area contributed by atoms with Crippen molar-refractivity contribution < 1.29 is 46.5 Å². The molecule has 1 fully saturated rings. The fraction of sp³-hybridized carbons (Fsp3) is 0.571. The Balaban J connectivity index is 1.55. The van der Waals surface area contributed by atoms with Crippen LogP contribution in [0.2, 0.25) is 0 Å². The van der Waals surface area contributed by atoms with Gasteiger partial charge in [-0.05, 0) is 58.6 Å². The number of esters is 1. The number of nitrogens with one attached hydrogen (secondary N) is 1. The minimum Gasteiger partial charge on any atom is -0.476 e. The first-order chi connectivity index (χ1) is 21.5. The van der Waals surface area contributed by atoms with Crippen LogP contribution in [0.15, 0.2) is 36.7 Å². The number of para-hydroxylation sites is 1. The van der Waals surface area contributed by atoms with E-state index in [0.29, 0.717) is 0 Å². The van der Waals surface area contributed by atoms with Gasteiger partial charge in [-0.2, -0.15) is 15.1 Å². The Labute approximate surface area is 259 Å². The number of nitrogens with zero attached hydrogens (tertiary/aromatic N) is 4. The Morgan fingerprint density at radius 3 is 2.58 bits per heavy atom. The van der Waals surface area contributed by atoms with Crippen molar-refractivity contribution >= 4 is 30.8 Å². The van der Waals surface area contributed by atoms with Crippen molar-refractivity contribution in [2.24, 2.45) is 0 Å².